The number of hydrogen-bond donors (Lipinski definition) is 1. The molecule has 1 N–H and O–H groups in total. The summed E-state index contributed by atoms with van der Waals surface area (Å²) in [5.41, 5.74) is 2.30. The molecule has 0 aliphatic rings. The van der Waals surface area contributed by atoms with E-state index in [9.17, 15) is 13.6 Å². The van der Waals surface area contributed by atoms with Crippen LogP contribution < -0.4 is 5.32 Å². The number of thioether (sulfide) groups is 1. The number of amides is 1. The van der Waals surface area contributed by atoms with E-state index >= 15 is 0 Å². The van der Waals surface area contributed by atoms with Crippen LogP contribution in [0.3, 0.4) is 0 Å². The smallest absolute Gasteiger partial charge is 0.230 e. The van der Waals surface area contributed by atoms with Gasteiger partial charge in [-0.25, -0.2) is 8.78 Å². The molecule has 5 nitrogen and oxygen atoms in total. The van der Waals surface area contributed by atoms with E-state index in [2.05, 4.69) is 15.5 Å². The van der Waals surface area contributed by atoms with Gasteiger partial charge in [0, 0.05) is 24.2 Å². The Morgan fingerprint density at radius 1 is 1.21 bits per heavy atom. The maximum Gasteiger partial charge on any atom is 0.230 e. The predicted molar refractivity (Wildman–Crippen MR) is 105 cm³/mol. The average Bonchev–Trinajstić information content (AvgIpc) is 3.00. The Hall–Kier alpha value is -2.74. The van der Waals surface area contributed by atoms with E-state index < -0.39 is 17.7 Å². The highest BCUT2D eigenvalue weighted by Gasteiger charge is 2.17. The number of aromatic nitrogens is 3. The first-order valence-corrected chi connectivity index (χ1v) is 9.68. The lowest BCUT2D eigenvalue weighted by atomic mass is 10.1. The Labute approximate surface area is 166 Å². The van der Waals surface area contributed by atoms with Crippen LogP contribution in [0.5, 0.6) is 0 Å². The van der Waals surface area contributed by atoms with Crippen LogP contribution in [0, 0.1) is 18.6 Å². The zero-order valence-corrected chi connectivity index (χ0v) is 16.6. The molecule has 1 atom stereocenters. The second kappa shape index (κ2) is 8.52. The van der Waals surface area contributed by atoms with Gasteiger partial charge in [-0.05, 0) is 25.5 Å². The van der Waals surface area contributed by atoms with Crippen molar-refractivity contribution in [3.63, 3.8) is 0 Å². The number of hydrogen-bond acceptors (Lipinski definition) is 4. The van der Waals surface area contributed by atoms with Crippen molar-refractivity contribution in [2.24, 2.45) is 7.05 Å². The van der Waals surface area contributed by atoms with Crippen LogP contribution in [0.2, 0.25) is 0 Å². The highest BCUT2D eigenvalue weighted by molar-refractivity contribution is 7.99. The first kappa shape index (κ1) is 20.0. The molecule has 0 saturated heterocycles. The molecule has 1 heterocycles. The van der Waals surface area contributed by atoms with Gasteiger partial charge in [0.2, 0.25) is 5.91 Å². The topological polar surface area (TPSA) is 59.8 Å². The van der Waals surface area contributed by atoms with Crippen molar-refractivity contribution in [3.05, 3.63) is 65.2 Å². The molecule has 0 radical (unpaired) electrons. The summed E-state index contributed by atoms with van der Waals surface area (Å²) in [4.78, 5) is 12.2. The Balaban J connectivity index is 1.63. The summed E-state index contributed by atoms with van der Waals surface area (Å²) in [5, 5.41) is 11.7. The molecule has 146 valence electrons. The number of nitrogens with one attached hydrogen (secondary N) is 1. The largest absolute Gasteiger partial charge is 0.349 e. The first-order chi connectivity index (χ1) is 13.4. The van der Waals surface area contributed by atoms with Crippen LogP contribution in [0.1, 0.15) is 24.1 Å². The highest BCUT2D eigenvalue weighted by Crippen LogP contribution is 2.25. The van der Waals surface area contributed by atoms with Crippen LogP contribution in [0.25, 0.3) is 11.4 Å². The third-order valence-electron chi connectivity index (χ3n) is 4.36. The molecule has 0 aliphatic carbocycles. The van der Waals surface area contributed by atoms with Crippen molar-refractivity contribution in [2.45, 2.75) is 25.0 Å². The highest BCUT2D eigenvalue weighted by atomic mass is 32.2. The fraction of sp³-hybridized carbons (Fsp3) is 0.250. The lowest BCUT2D eigenvalue weighted by molar-refractivity contribution is -0.119. The Morgan fingerprint density at radius 2 is 1.96 bits per heavy atom. The summed E-state index contributed by atoms with van der Waals surface area (Å²) < 4.78 is 28.7. The number of aryl methyl sites for hydroxylation is 1. The normalized spacial score (nSPS) is 12.0. The predicted octanol–water partition coefficient (Wildman–Crippen LogP) is 4.04. The summed E-state index contributed by atoms with van der Waals surface area (Å²) in [5.74, 6) is -0.782. The minimum absolute atomic E-state index is 0.104. The molecule has 2 aromatic carbocycles. The van der Waals surface area contributed by atoms with Gasteiger partial charge >= 0.3 is 0 Å². The molecule has 3 aromatic rings. The molecular formula is C20H20F2N4OS. The Kier molecular flexibility index (Phi) is 6.08. The fourth-order valence-electron chi connectivity index (χ4n) is 2.84. The van der Waals surface area contributed by atoms with E-state index in [1.165, 1.54) is 23.9 Å². The third-order valence-corrected chi connectivity index (χ3v) is 5.38. The second-order valence-electron chi connectivity index (χ2n) is 6.42. The maximum absolute atomic E-state index is 13.8. The minimum Gasteiger partial charge on any atom is -0.349 e. The molecular weight excluding hydrogens is 382 g/mol. The summed E-state index contributed by atoms with van der Waals surface area (Å²) in [7, 11) is 1.85. The zero-order chi connectivity index (χ0) is 20.3. The van der Waals surface area contributed by atoms with E-state index in [0.717, 1.165) is 23.0 Å². The minimum atomic E-state index is -0.684. The van der Waals surface area contributed by atoms with Crippen molar-refractivity contribution in [3.8, 4) is 11.4 Å². The number of nitrogens with zero attached hydrogens (tertiary/aromatic N) is 3. The van der Waals surface area contributed by atoms with Crippen LogP contribution in [-0.4, -0.2) is 26.4 Å². The number of halogens is 2. The number of benzene rings is 2. The van der Waals surface area contributed by atoms with Crippen molar-refractivity contribution in [2.75, 3.05) is 5.75 Å². The van der Waals surface area contributed by atoms with Gasteiger partial charge in [-0.3, -0.25) is 4.79 Å². The molecule has 0 bridgehead atoms. The maximum atomic E-state index is 13.8. The van der Waals surface area contributed by atoms with Crippen molar-refractivity contribution < 1.29 is 13.6 Å². The first-order valence-electron chi connectivity index (χ1n) is 8.69. The summed E-state index contributed by atoms with van der Waals surface area (Å²) in [6, 6.07) is 10.6. The molecule has 1 amide bonds. The van der Waals surface area contributed by atoms with Crippen LogP contribution in [0.4, 0.5) is 8.78 Å². The molecule has 28 heavy (non-hydrogen) atoms. The van der Waals surface area contributed by atoms with E-state index in [1.807, 2.05) is 42.8 Å². The van der Waals surface area contributed by atoms with Gasteiger partial charge in [0.05, 0.1) is 11.8 Å². The average molecular weight is 402 g/mol. The fourth-order valence-corrected chi connectivity index (χ4v) is 3.56. The molecule has 3 rings (SSSR count). The van der Waals surface area contributed by atoms with Crippen LogP contribution >= 0.6 is 11.8 Å². The van der Waals surface area contributed by atoms with Gasteiger partial charge in [0.25, 0.3) is 0 Å². The second-order valence-corrected chi connectivity index (χ2v) is 7.37. The summed E-state index contributed by atoms with van der Waals surface area (Å²) in [6.07, 6.45) is 0. The van der Waals surface area contributed by atoms with Gasteiger partial charge in [-0.15, -0.1) is 10.2 Å². The zero-order valence-electron chi connectivity index (χ0n) is 15.7. The van der Waals surface area contributed by atoms with E-state index in [4.69, 9.17) is 0 Å². The molecule has 0 spiro atoms. The van der Waals surface area contributed by atoms with Gasteiger partial charge in [0.15, 0.2) is 11.0 Å². The van der Waals surface area contributed by atoms with E-state index in [-0.39, 0.29) is 17.2 Å². The SMILES string of the molecule is Cc1ccccc1-c1nnc(SCC(=O)N[C@@H](C)c2ccc(F)cc2F)n1C. The monoisotopic (exact) mass is 402 g/mol. The summed E-state index contributed by atoms with van der Waals surface area (Å²) in [6.45, 7) is 3.65. The lowest BCUT2D eigenvalue weighted by Gasteiger charge is -2.15. The van der Waals surface area contributed by atoms with Crippen LogP contribution in [0.15, 0.2) is 47.6 Å². The van der Waals surface area contributed by atoms with E-state index in [1.54, 1.807) is 6.92 Å². The van der Waals surface area contributed by atoms with Gasteiger partial charge in [0.1, 0.15) is 11.6 Å². The molecule has 8 heteroatoms. The quantitative estimate of drug-likeness (QED) is 0.632. The van der Waals surface area contributed by atoms with Crippen molar-refractivity contribution >= 4 is 17.7 Å². The summed E-state index contributed by atoms with van der Waals surface area (Å²) >= 11 is 1.24. The Bertz CT molecular complexity index is 1010. The van der Waals surface area contributed by atoms with Crippen molar-refractivity contribution in [1.29, 1.82) is 0 Å². The van der Waals surface area contributed by atoms with Gasteiger partial charge in [-0.2, -0.15) is 0 Å². The van der Waals surface area contributed by atoms with Crippen molar-refractivity contribution in [1.82, 2.24) is 20.1 Å². The number of rotatable bonds is 6. The van der Waals surface area contributed by atoms with E-state index in [0.29, 0.717) is 5.16 Å². The molecule has 0 fully saturated rings. The molecule has 1 aromatic heterocycles. The Morgan fingerprint density at radius 3 is 2.68 bits per heavy atom. The lowest BCUT2D eigenvalue weighted by Crippen LogP contribution is -2.28. The number of carbonyl (C=O) groups is 1. The third kappa shape index (κ3) is 4.39. The standard InChI is InChI=1S/C20H20F2N4OS/c1-12-6-4-5-7-15(12)19-24-25-20(26(19)3)28-11-18(27)23-13(2)16-9-8-14(21)10-17(16)22/h4-10,13H,11H2,1-3H3,(H,23,27)/t13-/m0/s1. The molecule has 0 unspecified atom stereocenters. The van der Waals surface area contributed by atoms with Crippen LogP contribution in [-0.2, 0) is 11.8 Å². The van der Waals surface area contributed by atoms with Gasteiger partial charge in [-0.1, -0.05) is 42.1 Å². The molecule has 0 aliphatic heterocycles. The molecule has 0 saturated carbocycles. The van der Waals surface area contributed by atoms with Gasteiger partial charge < -0.3 is 9.88 Å². The number of carbonyl (C=O) groups excluding carboxylic acids is 1.